The molecular weight excluding hydrogens is 192 g/mol. The third-order valence-corrected chi connectivity index (χ3v) is 2.30. The SMILES string of the molecule is CCCCCNc1nnc(C(C)NC)o1. The lowest BCUT2D eigenvalue weighted by molar-refractivity contribution is 0.441. The quantitative estimate of drug-likeness (QED) is 0.676. The van der Waals surface area contributed by atoms with Crippen LogP contribution >= 0.6 is 0 Å². The highest BCUT2D eigenvalue weighted by Crippen LogP contribution is 2.12. The molecule has 0 aliphatic rings. The molecular formula is C10H20N4O. The van der Waals surface area contributed by atoms with E-state index in [9.17, 15) is 0 Å². The van der Waals surface area contributed by atoms with Gasteiger partial charge in [0.1, 0.15) is 0 Å². The Morgan fingerprint density at radius 2 is 2.13 bits per heavy atom. The van der Waals surface area contributed by atoms with E-state index in [0.29, 0.717) is 11.9 Å². The second-order valence-electron chi connectivity index (χ2n) is 3.59. The van der Waals surface area contributed by atoms with Gasteiger partial charge in [-0.05, 0) is 20.4 Å². The first kappa shape index (κ1) is 12.0. The lowest BCUT2D eigenvalue weighted by Gasteiger charge is -2.02. The van der Waals surface area contributed by atoms with E-state index in [2.05, 4.69) is 27.8 Å². The fraction of sp³-hybridized carbons (Fsp3) is 0.800. The molecule has 0 fully saturated rings. The van der Waals surface area contributed by atoms with Crippen molar-refractivity contribution in [3.05, 3.63) is 5.89 Å². The van der Waals surface area contributed by atoms with Crippen LogP contribution < -0.4 is 10.6 Å². The fourth-order valence-electron chi connectivity index (χ4n) is 1.17. The van der Waals surface area contributed by atoms with Crippen LogP contribution in [0.3, 0.4) is 0 Å². The van der Waals surface area contributed by atoms with Gasteiger partial charge in [0, 0.05) is 6.54 Å². The summed E-state index contributed by atoms with van der Waals surface area (Å²) in [6, 6.07) is 0.617. The highest BCUT2D eigenvalue weighted by Gasteiger charge is 2.10. The van der Waals surface area contributed by atoms with Crippen LogP contribution in [0.5, 0.6) is 0 Å². The standard InChI is InChI=1S/C10H20N4O/c1-4-5-6-7-12-10-14-13-9(15-10)8(2)11-3/h8,11H,4-7H2,1-3H3,(H,12,14). The zero-order valence-electron chi connectivity index (χ0n) is 9.71. The third kappa shape index (κ3) is 3.87. The van der Waals surface area contributed by atoms with E-state index in [1.807, 2.05) is 14.0 Å². The van der Waals surface area contributed by atoms with Crippen LogP contribution in [0.1, 0.15) is 45.0 Å². The normalized spacial score (nSPS) is 12.7. The van der Waals surface area contributed by atoms with Crippen molar-refractivity contribution < 1.29 is 4.42 Å². The monoisotopic (exact) mass is 212 g/mol. The maximum atomic E-state index is 5.42. The number of nitrogens with zero attached hydrogens (tertiary/aromatic N) is 2. The molecule has 0 aliphatic heterocycles. The molecule has 0 saturated heterocycles. The lowest BCUT2D eigenvalue weighted by atomic mass is 10.2. The van der Waals surface area contributed by atoms with Crippen molar-refractivity contribution >= 4 is 6.01 Å². The molecule has 0 bridgehead atoms. The van der Waals surface area contributed by atoms with Crippen molar-refractivity contribution in [1.29, 1.82) is 0 Å². The molecule has 5 nitrogen and oxygen atoms in total. The average Bonchev–Trinajstić information content (AvgIpc) is 2.72. The molecule has 86 valence electrons. The topological polar surface area (TPSA) is 63.0 Å². The predicted molar refractivity (Wildman–Crippen MR) is 59.8 cm³/mol. The lowest BCUT2D eigenvalue weighted by Crippen LogP contribution is -2.12. The van der Waals surface area contributed by atoms with E-state index < -0.39 is 0 Å². The van der Waals surface area contributed by atoms with Crippen LogP contribution in [0.25, 0.3) is 0 Å². The minimum absolute atomic E-state index is 0.101. The molecule has 0 radical (unpaired) electrons. The Balaban J connectivity index is 2.33. The van der Waals surface area contributed by atoms with Gasteiger partial charge in [0.2, 0.25) is 5.89 Å². The van der Waals surface area contributed by atoms with E-state index in [4.69, 9.17) is 4.42 Å². The van der Waals surface area contributed by atoms with Crippen LogP contribution in [-0.2, 0) is 0 Å². The summed E-state index contributed by atoms with van der Waals surface area (Å²) in [4.78, 5) is 0. The Kier molecular flexibility index (Phi) is 5.10. The van der Waals surface area contributed by atoms with E-state index in [0.717, 1.165) is 13.0 Å². The van der Waals surface area contributed by atoms with Gasteiger partial charge in [0.25, 0.3) is 0 Å². The van der Waals surface area contributed by atoms with Gasteiger partial charge in [-0.1, -0.05) is 24.9 Å². The molecule has 1 aromatic rings. The van der Waals surface area contributed by atoms with Crippen molar-refractivity contribution in [2.45, 2.75) is 39.2 Å². The minimum Gasteiger partial charge on any atom is -0.406 e. The molecule has 1 rings (SSSR count). The summed E-state index contributed by atoms with van der Waals surface area (Å²) >= 11 is 0. The van der Waals surface area contributed by atoms with Gasteiger partial charge in [-0.25, -0.2) is 0 Å². The average molecular weight is 212 g/mol. The third-order valence-electron chi connectivity index (χ3n) is 2.30. The minimum atomic E-state index is 0.101. The van der Waals surface area contributed by atoms with Gasteiger partial charge < -0.3 is 15.1 Å². The van der Waals surface area contributed by atoms with Crippen molar-refractivity contribution in [3.8, 4) is 0 Å². The molecule has 2 N–H and O–H groups in total. The van der Waals surface area contributed by atoms with Gasteiger partial charge in [0.05, 0.1) is 6.04 Å². The predicted octanol–water partition coefficient (Wildman–Crippen LogP) is 1.95. The van der Waals surface area contributed by atoms with E-state index in [1.165, 1.54) is 12.8 Å². The highest BCUT2D eigenvalue weighted by molar-refractivity contribution is 5.16. The molecule has 1 unspecified atom stereocenters. The second-order valence-corrected chi connectivity index (χ2v) is 3.59. The number of rotatable bonds is 7. The Hall–Kier alpha value is -1.10. The fourth-order valence-corrected chi connectivity index (χ4v) is 1.17. The first-order valence-electron chi connectivity index (χ1n) is 5.52. The van der Waals surface area contributed by atoms with Crippen molar-refractivity contribution in [2.24, 2.45) is 0 Å². The van der Waals surface area contributed by atoms with Gasteiger partial charge in [-0.2, -0.15) is 0 Å². The molecule has 0 saturated carbocycles. The molecule has 0 amide bonds. The maximum Gasteiger partial charge on any atom is 0.315 e. The Morgan fingerprint density at radius 3 is 2.80 bits per heavy atom. The summed E-state index contributed by atoms with van der Waals surface area (Å²) in [6.07, 6.45) is 3.57. The van der Waals surface area contributed by atoms with E-state index >= 15 is 0 Å². The molecule has 0 aromatic carbocycles. The smallest absolute Gasteiger partial charge is 0.315 e. The van der Waals surface area contributed by atoms with Gasteiger partial charge in [-0.3, -0.25) is 0 Å². The molecule has 0 spiro atoms. The maximum absolute atomic E-state index is 5.42. The van der Waals surface area contributed by atoms with Crippen molar-refractivity contribution in [1.82, 2.24) is 15.5 Å². The second kappa shape index (κ2) is 6.40. The molecule has 1 atom stereocenters. The number of unbranched alkanes of at least 4 members (excludes halogenated alkanes) is 2. The number of nitrogens with one attached hydrogen (secondary N) is 2. The van der Waals surface area contributed by atoms with Crippen LogP contribution in [0.2, 0.25) is 0 Å². The largest absolute Gasteiger partial charge is 0.406 e. The molecule has 15 heavy (non-hydrogen) atoms. The number of hydrogen-bond acceptors (Lipinski definition) is 5. The van der Waals surface area contributed by atoms with E-state index in [-0.39, 0.29) is 6.04 Å². The molecule has 1 aromatic heterocycles. The summed E-state index contributed by atoms with van der Waals surface area (Å²) < 4.78 is 5.42. The first-order valence-corrected chi connectivity index (χ1v) is 5.52. The van der Waals surface area contributed by atoms with Crippen LogP contribution in [0.4, 0.5) is 6.01 Å². The zero-order valence-corrected chi connectivity index (χ0v) is 9.71. The summed E-state index contributed by atoms with van der Waals surface area (Å²) in [7, 11) is 1.86. The van der Waals surface area contributed by atoms with Crippen LogP contribution in [0, 0.1) is 0 Å². The van der Waals surface area contributed by atoms with Gasteiger partial charge in [0.15, 0.2) is 0 Å². The first-order chi connectivity index (χ1) is 7.27. The molecule has 1 heterocycles. The van der Waals surface area contributed by atoms with Crippen LogP contribution in [0.15, 0.2) is 4.42 Å². The number of hydrogen-bond donors (Lipinski definition) is 2. The highest BCUT2D eigenvalue weighted by atomic mass is 16.4. The Bertz CT molecular complexity index is 274. The number of aromatic nitrogens is 2. The van der Waals surface area contributed by atoms with E-state index in [1.54, 1.807) is 0 Å². The zero-order chi connectivity index (χ0) is 11.1. The molecule has 0 aliphatic carbocycles. The summed E-state index contributed by atoms with van der Waals surface area (Å²) in [5.41, 5.74) is 0. The van der Waals surface area contributed by atoms with Crippen molar-refractivity contribution in [2.75, 3.05) is 18.9 Å². The van der Waals surface area contributed by atoms with Crippen LogP contribution in [-0.4, -0.2) is 23.8 Å². The summed E-state index contributed by atoms with van der Waals surface area (Å²) in [5.74, 6) is 0.621. The van der Waals surface area contributed by atoms with Gasteiger partial charge >= 0.3 is 6.01 Å². The summed E-state index contributed by atoms with van der Waals surface area (Å²) in [6.45, 7) is 5.05. The Morgan fingerprint density at radius 1 is 1.33 bits per heavy atom. The molecule has 5 heteroatoms. The Labute approximate surface area is 90.7 Å². The number of anilines is 1. The van der Waals surface area contributed by atoms with Crippen molar-refractivity contribution in [3.63, 3.8) is 0 Å². The van der Waals surface area contributed by atoms with Gasteiger partial charge in [-0.15, -0.1) is 5.10 Å². The summed E-state index contributed by atoms with van der Waals surface area (Å²) in [5, 5.41) is 14.0.